The van der Waals surface area contributed by atoms with Crippen molar-refractivity contribution in [2.45, 2.75) is 25.5 Å². The van der Waals surface area contributed by atoms with Gasteiger partial charge in [-0.05, 0) is 53.4 Å². The number of ether oxygens (including phenoxy) is 1. The Balaban J connectivity index is 1.93. The van der Waals surface area contributed by atoms with Gasteiger partial charge in [0.05, 0.1) is 5.69 Å². The first kappa shape index (κ1) is 14.7. The molecule has 118 valence electrons. The Hall–Kier alpha value is -1.86. The zero-order valence-electron chi connectivity index (χ0n) is 12.2. The van der Waals surface area contributed by atoms with Crippen LogP contribution in [-0.2, 0) is 4.74 Å². The van der Waals surface area contributed by atoms with E-state index in [1.165, 1.54) is 6.07 Å². The van der Waals surface area contributed by atoms with Gasteiger partial charge in [0.25, 0.3) is 0 Å². The van der Waals surface area contributed by atoms with Crippen molar-refractivity contribution in [3.8, 4) is 11.4 Å². The maximum absolute atomic E-state index is 13.5. The van der Waals surface area contributed by atoms with E-state index >= 15 is 0 Å². The molecular formula is C16H14BrFN4O. The van der Waals surface area contributed by atoms with Crippen LogP contribution in [0, 0.1) is 5.95 Å². The molecule has 1 atom stereocenters. The van der Waals surface area contributed by atoms with E-state index in [9.17, 15) is 4.39 Å². The van der Waals surface area contributed by atoms with Crippen molar-refractivity contribution in [1.29, 1.82) is 0 Å². The molecule has 0 bridgehead atoms. The van der Waals surface area contributed by atoms with E-state index in [2.05, 4.69) is 31.0 Å². The number of nitrogens with zero attached hydrogens (tertiary/aromatic N) is 4. The highest BCUT2D eigenvalue weighted by molar-refractivity contribution is 9.10. The smallest absolute Gasteiger partial charge is 0.213 e. The lowest BCUT2D eigenvalue weighted by Crippen LogP contribution is -2.19. The first-order valence-corrected chi connectivity index (χ1v) is 8.30. The summed E-state index contributed by atoms with van der Waals surface area (Å²) >= 11 is 3.49. The van der Waals surface area contributed by atoms with Crippen LogP contribution in [-0.4, -0.2) is 26.4 Å². The molecule has 0 N–H and O–H groups in total. The van der Waals surface area contributed by atoms with E-state index < -0.39 is 5.95 Å². The second kappa shape index (κ2) is 5.98. The molecule has 0 aromatic carbocycles. The fourth-order valence-corrected chi connectivity index (χ4v) is 3.42. The van der Waals surface area contributed by atoms with E-state index in [0.717, 1.165) is 36.8 Å². The summed E-state index contributed by atoms with van der Waals surface area (Å²) in [6, 6.07) is 6.58. The summed E-state index contributed by atoms with van der Waals surface area (Å²) in [6.45, 7) is 0.720. The molecule has 0 amide bonds. The molecule has 1 aliphatic rings. The Morgan fingerprint density at radius 1 is 1.26 bits per heavy atom. The van der Waals surface area contributed by atoms with Crippen LogP contribution in [0.4, 0.5) is 4.39 Å². The van der Waals surface area contributed by atoms with Gasteiger partial charge >= 0.3 is 0 Å². The van der Waals surface area contributed by atoms with Crippen LogP contribution in [0.1, 0.15) is 25.5 Å². The Labute approximate surface area is 140 Å². The Morgan fingerprint density at radius 2 is 2.17 bits per heavy atom. The lowest BCUT2D eigenvalue weighted by molar-refractivity contribution is -0.0366. The molecule has 4 heterocycles. The van der Waals surface area contributed by atoms with Crippen LogP contribution in [0.5, 0.6) is 0 Å². The predicted octanol–water partition coefficient (Wildman–Crippen LogP) is 4.09. The normalized spacial score (nSPS) is 18.4. The summed E-state index contributed by atoms with van der Waals surface area (Å²) in [5, 5.41) is 5.55. The van der Waals surface area contributed by atoms with Crippen molar-refractivity contribution < 1.29 is 9.13 Å². The summed E-state index contributed by atoms with van der Waals surface area (Å²) in [6.07, 6.45) is 4.62. The maximum Gasteiger partial charge on any atom is 0.213 e. The van der Waals surface area contributed by atoms with Crippen molar-refractivity contribution in [3.63, 3.8) is 0 Å². The zero-order chi connectivity index (χ0) is 15.8. The quantitative estimate of drug-likeness (QED) is 0.632. The lowest BCUT2D eigenvalue weighted by Gasteiger charge is -2.23. The van der Waals surface area contributed by atoms with E-state index in [1.807, 2.05) is 10.7 Å². The monoisotopic (exact) mass is 376 g/mol. The summed E-state index contributed by atoms with van der Waals surface area (Å²) < 4.78 is 21.9. The number of rotatable bonds is 2. The number of hydrogen-bond donors (Lipinski definition) is 0. The molecule has 1 unspecified atom stereocenters. The number of hydrogen-bond acceptors (Lipinski definition) is 4. The van der Waals surface area contributed by atoms with E-state index in [1.54, 1.807) is 18.3 Å². The van der Waals surface area contributed by atoms with Crippen molar-refractivity contribution in [3.05, 3.63) is 41.0 Å². The van der Waals surface area contributed by atoms with Gasteiger partial charge in [0, 0.05) is 18.2 Å². The second-order valence-corrected chi connectivity index (χ2v) is 6.21. The predicted molar refractivity (Wildman–Crippen MR) is 87.3 cm³/mol. The molecule has 7 heteroatoms. The standard InChI is InChI=1S/C16H14BrFN4O/c17-16-15-10(7-8-19-16)14(11-4-3-5-12(18)20-11)21-22(15)13-6-1-2-9-23-13/h3-5,7-8,13H,1-2,6,9H2. The number of halogens is 2. The molecule has 1 fully saturated rings. The minimum Gasteiger partial charge on any atom is -0.356 e. The average Bonchev–Trinajstić information content (AvgIpc) is 2.97. The van der Waals surface area contributed by atoms with Crippen LogP contribution in [0.15, 0.2) is 35.1 Å². The summed E-state index contributed by atoms with van der Waals surface area (Å²) in [5.74, 6) is -0.521. The molecule has 4 rings (SSSR count). The van der Waals surface area contributed by atoms with Crippen LogP contribution >= 0.6 is 15.9 Å². The molecular weight excluding hydrogens is 363 g/mol. The fraction of sp³-hybridized carbons (Fsp3) is 0.312. The minimum atomic E-state index is -0.521. The van der Waals surface area contributed by atoms with Gasteiger partial charge in [-0.25, -0.2) is 14.6 Å². The molecule has 23 heavy (non-hydrogen) atoms. The van der Waals surface area contributed by atoms with Gasteiger partial charge in [0.2, 0.25) is 5.95 Å². The Morgan fingerprint density at radius 3 is 2.96 bits per heavy atom. The van der Waals surface area contributed by atoms with Gasteiger partial charge in [-0.2, -0.15) is 9.49 Å². The van der Waals surface area contributed by atoms with Gasteiger partial charge in [0.15, 0.2) is 6.23 Å². The third-order valence-corrected chi connectivity index (χ3v) is 4.54. The SMILES string of the molecule is Fc1cccc(-c2nn(C3CCCCO3)c3c(Br)nccc23)n1. The Kier molecular flexibility index (Phi) is 3.82. The third-order valence-electron chi connectivity index (χ3n) is 3.96. The van der Waals surface area contributed by atoms with Crippen LogP contribution < -0.4 is 0 Å². The fourth-order valence-electron chi connectivity index (χ4n) is 2.90. The summed E-state index contributed by atoms with van der Waals surface area (Å²) in [4.78, 5) is 8.26. The molecule has 3 aromatic heterocycles. The first-order valence-electron chi connectivity index (χ1n) is 7.51. The molecule has 1 saturated heterocycles. The Bertz CT molecular complexity index is 860. The highest BCUT2D eigenvalue weighted by Gasteiger charge is 2.23. The summed E-state index contributed by atoms with van der Waals surface area (Å²) in [7, 11) is 0. The van der Waals surface area contributed by atoms with Gasteiger partial charge in [-0.3, -0.25) is 0 Å². The second-order valence-electron chi connectivity index (χ2n) is 5.46. The highest BCUT2D eigenvalue weighted by Crippen LogP contribution is 2.34. The van der Waals surface area contributed by atoms with Gasteiger partial charge in [0.1, 0.15) is 15.8 Å². The van der Waals surface area contributed by atoms with E-state index in [0.29, 0.717) is 16.0 Å². The van der Waals surface area contributed by atoms with Crippen molar-refractivity contribution in [2.75, 3.05) is 6.61 Å². The molecule has 1 aliphatic heterocycles. The molecule has 0 saturated carbocycles. The van der Waals surface area contributed by atoms with Gasteiger partial charge in [-0.1, -0.05) is 6.07 Å². The number of pyridine rings is 2. The number of aromatic nitrogens is 4. The van der Waals surface area contributed by atoms with Crippen LogP contribution in [0.2, 0.25) is 0 Å². The van der Waals surface area contributed by atoms with Crippen molar-refractivity contribution in [2.24, 2.45) is 0 Å². The van der Waals surface area contributed by atoms with Gasteiger partial charge < -0.3 is 4.74 Å². The highest BCUT2D eigenvalue weighted by atomic mass is 79.9. The van der Waals surface area contributed by atoms with Crippen LogP contribution in [0.25, 0.3) is 22.3 Å². The zero-order valence-corrected chi connectivity index (χ0v) is 13.8. The minimum absolute atomic E-state index is 0.131. The topological polar surface area (TPSA) is 52.8 Å². The van der Waals surface area contributed by atoms with Gasteiger partial charge in [-0.15, -0.1) is 0 Å². The lowest BCUT2D eigenvalue weighted by atomic mass is 10.2. The largest absolute Gasteiger partial charge is 0.356 e. The van der Waals surface area contributed by atoms with Crippen molar-refractivity contribution >= 4 is 26.8 Å². The molecule has 5 nitrogen and oxygen atoms in total. The van der Waals surface area contributed by atoms with E-state index in [4.69, 9.17) is 4.74 Å². The van der Waals surface area contributed by atoms with Crippen molar-refractivity contribution in [1.82, 2.24) is 19.7 Å². The van der Waals surface area contributed by atoms with E-state index in [-0.39, 0.29) is 6.23 Å². The number of fused-ring (bicyclic) bond motifs is 1. The van der Waals surface area contributed by atoms with Crippen LogP contribution in [0.3, 0.4) is 0 Å². The molecule has 0 aliphatic carbocycles. The third kappa shape index (κ3) is 2.64. The molecule has 3 aromatic rings. The molecule has 0 radical (unpaired) electrons. The first-order chi connectivity index (χ1) is 11.2. The maximum atomic E-state index is 13.5. The average molecular weight is 377 g/mol. The summed E-state index contributed by atoms with van der Waals surface area (Å²) in [5.41, 5.74) is 1.99. The molecule has 0 spiro atoms.